The summed E-state index contributed by atoms with van der Waals surface area (Å²) in [5, 5.41) is 3.14. The second-order valence-electron chi connectivity index (χ2n) is 3.58. The van der Waals surface area contributed by atoms with Crippen molar-refractivity contribution in [3.05, 3.63) is 36.0 Å². The van der Waals surface area contributed by atoms with Gasteiger partial charge in [0.15, 0.2) is 0 Å². The maximum absolute atomic E-state index is 4.02. The maximum Gasteiger partial charge on any atom is -0.00518 e. The Morgan fingerprint density at radius 1 is 1.19 bits per heavy atom. The van der Waals surface area contributed by atoms with Crippen LogP contribution in [0.2, 0.25) is 0 Å². The molecule has 0 bridgehead atoms. The first-order valence-corrected chi connectivity index (χ1v) is 6.34. The highest BCUT2D eigenvalue weighted by Crippen LogP contribution is 2.07. The SMILES string of the molecule is C=C(/C=C\C(C)=C/C)CCCCNC.CC. The summed E-state index contributed by atoms with van der Waals surface area (Å²) >= 11 is 0. The summed E-state index contributed by atoms with van der Waals surface area (Å²) in [7, 11) is 1.99. The van der Waals surface area contributed by atoms with Gasteiger partial charge in [-0.1, -0.05) is 49.8 Å². The van der Waals surface area contributed by atoms with Crippen LogP contribution in [0.3, 0.4) is 0 Å². The maximum atomic E-state index is 4.02. The molecule has 1 nitrogen and oxygen atoms in total. The van der Waals surface area contributed by atoms with Crippen molar-refractivity contribution in [2.75, 3.05) is 13.6 Å². The lowest BCUT2D eigenvalue weighted by Gasteiger charge is -2.00. The van der Waals surface area contributed by atoms with E-state index in [-0.39, 0.29) is 0 Å². The van der Waals surface area contributed by atoms with E-state index in [2.05, 4.69) is 44.0 Å². The van der Waals surface area contributed by atoms with Crippen LogP contribution in [0, 0.1) is 0 Å². The first kappa shape index (κ1) is 17.6. The Hall–Kier alpha value is -0.820. The molecule has 0 saturated carbocycles. The van der Waals surface area contributed by atoms with Crippen LogP contribution in [0.1, 0.15) is 47.0 Å². The molecule has 0 rings (SSSR count). The summed E-state index contributed by atoms with van der Waals surface area (Å²) in [6.07, 6.45) is 9.90. The quantitative estimate of drug-likeness (QED) is 0.495. The number of rotatable bonds is 7. The van der Waals surface area contributed by atoms with E-state index in [1.807, 2.05) is 20.9 Å². The lowest BCUT2D eigenvalue weighted by molar-refractivity contribution is 0.679. The van der Waals surface area contributed by atoms with E-state index in [0.717, 1.165) is 13.0 Å². The minimum absolute atomic E-state index is 1.10. The summed E-state index contributed by atoms with van der Waals surface area (Å²) in [5.41, 5.74) is 2.52. The zero-order chi connectivity index (χ0) is 12.8. The Kier molecular flexibility index (Phi) is 15.6. The lowest BCUT2D eigenvalue weighted by atomic mass is 10.1. The topological polar surface area (TPSA) is 12.0 Å². The normalized spacial score (nSPS) is 11.2. The largest absolute Gasteiger partial charge is 0.320 e. The molecule has 0 aliphatic rings. The van der Waals surface area contributed by atoms with Gasteiger partial charge in [-0.25, -0.2) is 0 Å². The van der Waals surface area contributed by atoms with E-state index in [1.54, 1.807) is 0 Å². The monoisotopic (exact) mass is 223 g/mol. The molecule has 94 valence electrons. The molecule has 1 N–H and O–H groups in total. The molecule has 0 aromatic rings. The zero-order valence-corrected chi connectivity index (χ0v) is 11.8. The molecular weight excluding hydrogens is 194 g/mol. The summed E-state index contributed by atoms with van der Waals surface area (Å²) in [5.74, 6) is 0. The van der Waals surface area contributed by atoms with Crippen LogP contribution >= 0.6 is 0 Å². The van der Waals surface area contributed by atoms with E-state index in [1.165, 1.54) is 24.0 Å². The van der Waals surface area contributed by atoms with Crippen LogP contribution in [0.15, 0.2) is 36.0 Å². The third kappa shape index (κ3) is 13.2. The standard InChI is InChI=1S/C13H23N.C2H6/c1-5-12(2)9-10-13(3)8-6-7-11-14-4;1-2/h5,9-10,14H,3,6-8,11H2,1-2,4H3;1-2H3/b10-9-,12-5-;. The molecule has 0 unspecified atom stereocenters. The smallest absolute Gasteiger partial charge is 0.00518 e. The minimum Gasteiger partial charge on any atom is -0.320 e. The summed E-state index contributed by atoms with van der Waals surface area (Å²) in [6, 6.07) is 0. The van der Waals surface area contributed by atoms with Crippen LogP contribution in [-0.2, 0) is 0 Å². The van der Waals surface area contributed by atoms with E-state index in [9.17, 15) is 0 Å². The van der Waals surface area contributed by atoms with Crippen molar-refractivity contribution in [1.82, 2.24) is 5.32 Å². The van der Waals surface area contributed by atoms with Crippen molar-refractivity contribution >= 4 is 0 Å². The Labute approximate surface area is 102 Å². The second-order valence-corrected chi connectivity index (χ2v) is 3.58. The molecule has 0 radical (unpaired) electrons. The van der Waals surface area contributed by atoms with E-state index in [4.69, 9.17) is 0 Å². The third-order valence-electron chi connectivity index (χ3n) is 2.21. The van der Waals surface area contributed by atoms with Gasteiger partial charge in [0.05, 0.1) is 0 Å². The van der Waals surface area contributed by atoms with Gasteiger partial charge in [0, 0.05) is 0 Å². The van der Waals surface area contributed by atoms with Gasteiger partial charge >= 0.3 is 0 Å². The predicted molar refractivity (Wildman–Crippen MR) is 76.8 cm³/mol. The molecular formula is C15H29N. The third-order valence-corrected chi connectivity index (χ3v) is 2.21. The van der Waals surface area contributed by atoms with Crippen LogP contribution in [0.5, 0.6) is 0 Å². The molecule has 0 aliphatic heterocycles. The molecule has 0 atom stereocenters. The van der Waals surface area contributed by atoms with Crippen LogP contribution < -0.4 is 5.32 Å². The lowest BCUT2D eigenvalue weighted by Crippen LogP contribution is -2.06. The summed E-state index contributed by atoms with van der Waals surface area (Å²) in [4.78, 5) is 0. The molecule has 0 aromatic carbocycles. The van der Waals surface area contributed by atoms with Gasteiger partial charge in [-0.2, -0.15) is 0 Å². The molecule has 1 heteroatoms. The van der Waals surface area contributed by atoms with Gasteiger partial charge in [-0.3, -0.25) is 0 Å². The Balaban J connectivity index is 0. The van der Waals surface area contributed by atoms with Gasteiger partial charge in [0.2, 0.25) is 0 Å². The molecule has 0 aliphatic carbocycles. The molecule has 0 saturated heterocycles. The zero-order valence-electron chi connectivity index (χ0n) is 11.8. The van der Waals surface area contributed by atoms with Gasteiger partial charge < -0.3 is 5.32 Å². The van der Waals surface area contributed by atoms with E-state index < -0.39 is 0 Å². The fourth-order valence-corrected chi connectivity index (χ4v) is 1.08. The van der Waals surface area contributed by atoms with Crippen molar-refractivity contribution in [1.29, 1.82) is 0 Å². The number of allylic oxidation sites excluding steroid dienone is 5. The van der Waals surface area contributed by atoms with Crippen molar-refractivity contribution in [3.8, 4) is 0 Å². The minimum atomic E-state index is 1.10. The molecule has 0 fully saturated rings. The highest BCUT2D eigenvalue weighted by molar-refractivity contribution is 5.24. The average Bonchev–Trinajstić information content (AvgIpc) is 2.34. The molecule has 0 spiro atoms. The van der Waals surface area contributed by atoms with Crippen LogP contribution in [0.4, 0.5) is 0 Å². The first-order valence-electron chi connectivity index (χ1n) is 6.34. The number of hydrogen-bond acceptors (Lipinski definition) is 1. The predicted octanol–water partition coefficient (Wildman–Crippen LogP) is 4.48. The second kappa shape index (κ2) is 14.2. The molecule has 0 aromatic heterocycles. The number of nitrogens with one attached hydrogen (secondary N) is 1. The number of hydrogen-bond donors (Lipinski definition) is 1. The van der Waals surface area contributed by atoms with Crippen molar-refractivity contribution in [2.45, 2.75) is 47.0 Å². The fraction of sp³-hybridized carbons (Fsp3) is 0.600. The molecule has 16 heavy (non-hydrogen) atoms. The van der Waals surface area contributed by atoms with Gasteiger partial charge in [-0.15, -0.1) is 0 Å². The van der Waals surface area contributed by atoms with Gasteiger partial charge in [0.25, 0.3) is 0 Å². The van der Waals surface area contributed by atoms with Crippen molar-refractivity contribution < 1.29 is 0 Å². The fourth-order valence-electron chi connectivity index (χ4n) is 1.08. The average molecular weight is 223 g/mol. The van der Waals surface area contributed by atoms with Crippen LogP contribution in [-0.4, -0.2) is 13.6 Å². The van der Waals surface area contributed by atoms with E-state index in [0.29, 0.717) is 0 Å². The van der Waals surface area contributed by atoms with Crippen LogP contribution in [0.25, 0.3) is 0 Å². The van der Waals surface area contributed by atoms with Crippen molar-refractivity contribution in [3.63, 3.8) is 0 Å². The highest BCUT2D eigenvalue weighted by atomic mass is 14.8. The van der Waals surface area contributed by atoms with Gasteiger partial charge in [0.1, 0.15) is 0 Å². The highest BCUT2D eigenvalue weighted by Gasteiger charge is 1.90. The Bertz CT molecular complexity index is 211. The summed E-state index contributed by atoms with van der Waals surface area (Å²) < 4.78 is 0. The number of unbranched alkanes of at least 4 members (excludes halogenated alkanes) is 1. The van der Waals surface area contributed by atoms with Crippen molar-refractivity contribution in [2.24, 2.45) is 0 Å². The molecule has 0 amide bonds. The Morgan fingerprint density at radius 3 is 2.31 bits per heavy atom. The Morgan fingerprint density at radius 2 is 1.81 bits per heavy atom. The molecule has 0 heterocycles. The van der Waals surface area contributed by atoms with Gasteiger partial charge in [-0.05, 0) is 46.7 Å². The van der Waals surface area contributed by atoms with E-state index >= 15 is 0 Å². The summed E-state index contributed by atoms with van der Waals surface area (Å²) in [6.45, 7) is 13.3. The first-order chi connectivity index (χ1) is 7.70.